The molecule has 0 aliphatic rings. The Balaban J connectivity index is 0.00000241. The van der Waals surface area contributed by atoms with Crippen LogP contribution in [-0.4, -0.2) is 9.97 Å². The van der Waals surface area contributed by atoms with Crippen LogP contribution in [-0.2, 0) is 21.1 Å². The molecule has 2 heterocycles. The summed E-state index contributed by atoms with van der Waals surface area (Å²) in [4.78, 5) is 9.04. The van der Waals surface area contributed by atoms with Crippen molar-refractivity contribution in [1.82, 2.24) is 9.97 Å². The normalized spacial score (nSPS) is 10.7. The van der Waals surface area contributed by atoms with Gasteiger partial charge in [-0.3, -0.25) is 0 Å². The molecule has 6 aromatic rings. The molecule has 0 bridgehead atoms. The molecule has 34 heavy (non-hydrogen) atoms. The number of aromatic nitrogens is 2. The molecule has 0 unspecified atom stereocenters. The fourth-order valence-corrected chi connectivity index (χ4v) is 4.05. The predicted octanol–water partition coefficient (Wildman–Crippen LogP) is 7.51. The number of ether oxygens (including phenoxy) is 1. The predicted molar refractivity (Wildman–Crippen MR) is 132 cm³/mol. The third-order valence-corrected chi connectivity index (χ3v) is 5.59. The molecule has 6 rings (SSSR count). The van der Waals surface area contributed by atoms with E-state index in [1.807, 2.05) is 72.8 Å². The monoisotopic (exact) mass is 617 g/mol. The van der Waals surface area contributed by atoms with Crippen LogP contribution in [0.3, 0.4) is 0 Å². The van der Waals surface area contributed by atoms with Gasteiger partial charge in [0, 0.05) is 18.1 Å². The van der Waals surface area contributed by atoms with Crippen molar-refractivity contribution in [1.29, 1.82) is 0 Å². The van der Waals surface area contributed by atoms with Gasteiger partial charge in [0.1, 0.15) is 0 Å². The average Bonchev–Trinajstić information content (AvgIpc) is 2.89. The zero-order valence-electron chi connectivity index (χ0n) is 18.0. The Morgan fingerprint density at radius 3 is 1.91 bits per heavy atom. The molecule has 0 N–H and O–H groups in total. The summed E-state index contributed by atoms with van der Waals surface area (Å²) in [5.74, 6) is 1.26. The smallest absolute Gasteiger partial charge is 0.496 e. The minimum absolute atomic E-state index is 0. The first-order valence-corrected chi connectivity index (χ1v) is 10.8. The van der Waals surface area contributed by atoms with E-state index in [2.05, 4.69) is 46.4 Å². The molecule has 164 valence electrons. The average molecular weight is 618 g/mol. The molecular weight excluding hydrogens is 599 g/mol. The molecule has 2 aromatic heterocycles. The summed E-state index contributed by atoms with van der Waals surface area (Å²) in [6.07, 6.45) is 3.58. The van der Waals surface area contributed by atoms with Gasteiger partial charge in [0.2, 0.25) is 0 Å². The quantitative estimate of drug-likeness (QED) is 0.192. The van der Waals surface area contributed by atoms with Crippen molar-refractivity contribution in [2.45, 2.75) is 0 Å². The van der Waals surface area contributed by atoms with E-state index in [4.69, 9.17) is 4.74 Å². The van der Waals surface area contributed by atoms with E-state index in [9.17, 15) is 0 Å². The maximum atomic E-state index is 6.46. The van der Waals surface area contributed by atoms with Crippen LogP contribution in [0.5, 0.6) is 11.5 Å². The van der Waals surface area contributed by atoms with Crippen LogP contribution in [0.25, 0.3) is 44.1 Å². The zero-order valence-corrected chi connectivity index (χ0v) is 20.3. The molecular formula is C30H18N2OPt. The van der Waals surface area contributed by atoms with Gasteiger partial charge < -0.3 is 14.7 Å². The van der Waals surface area contributed by atoms with Crippen molar-refractivity contribution >= 4 is 21.5 Å². The molecule has 0 amide bonds. The fourth-order valence-electron chi connectivity index (χ4n) is 4.05. The third kappa shape index (κ3) is 4.23. The fraction of sp³-hybridized carbons (Fsp3) is 0. The molecule has 3 nitrogen and oxygen atoms in total. The summed E-state index contributed by atoms with van der Waals surface area (Å²) in [5, 5.41) is 4.20. The number of rotatable bonds is 4. The van der Waals surface area contributed by atoms with E-state index >= 15 is 0 Å². The van der Waals surface area contributed by atoms with Crippen molar-refractivity contribution in [3.05, 3.63) is 122 Å². The maximum Gasteiger partial charge on any atom is 2.00 e. The summed E-state index contributed by atoms with van der Waals surface area (Å²) >= 11 is 0. The number of benzene rings is 4. The topological polar surface area (TPSA) is 35.0 Å². The summed E-state index contributed by atoms with van der Waals surface area (Å²) in [6, 6.07) is 39.1. The second-order valence-electron chi connectivity index (χ2n) is 7.73. The van der Waals surface area contributed by atoms with Gasteiger partial charge in [-0.1, -0.05) is 113 Å². The third-order valence-electron chi connectivity index (χ3n) is 5.59. The molecule has 0 saturated heterocycles. The van der Waals surface area contributed by atoms with Crippen molar-refractivity contribution in [3.63, 3.8) is 0 Å². The summed E-state index contributed by atoms with van der Waals surface area (Å²) in [5.41, 5.74) is 3.50. The largest absolute Gasteiger partial charge is 2.00 e. The molecule has 0 aliphatic carbocycles. The molecule has 4 aromatic carbocycles. The van der Waals surface area contributed by atoms with Crippen molar-refractivity contribution in [2.75, 3.05) is 0 Å². The van der Waals surface area contributed by atoms with E-state index in [0.717, 1.165) is 44.1 Å². The van der Waals surface area contributed by atoms with E-state index in [1.54, 1.807) is 12.4 Å². The van der Waals surface area contributed by atoms with Gasteiger partial charge in [0.25, 0.3) is 0 Å². The van der Waals surface area contributed by atoms with Crippen molar-refractivity contribution < 1.29 is 25.8 Å². The minimum Gasteiger partial charge on any atom is -0.496 e. The number of hydrogen-bond donors (Lipinski definition) is 0. The minimum atomic E-state index is 0. The van der Waals surface area contributed by atoms with Crippen LogP contribution < -0.4 is 4.74 Å². The molecule has 0 aliphatic heterocycles. The Morgan fingerprint density at radius 2 is 1.21 bits per heavy atom. The van der Waals surface area contributed by atoms with Crippen molar-refractivity contribution in [2.24, 2.45) is 0 Å². The zero-order chi connectivity index (χ0) is 22.0. The van der Waals surface area contributed by atoms with Gasteiger partial charge >= 0.3 is 21.1 Å². The number of hydrogen-bond acceptors (Lipinski definition) is 3. The summed E-state index contributed by atoms with van der Waals surface area (Å²) < 4.78 is 6.46. The van der Waals surface area contributed by atoms with E-state index in [0.29, 0.717) is 11.5 Å². The van der Waals surface area contributed by atoms with E-state index in [1.165, 1.54) is 0 Å². The summed E-state index contributed by atoms with van der Waals surface area (Å²) in [7, 11) is 0. The van der Waals surface area contributed by atoms with Crippen LogP contribution in [0.4, 0.5) is 0 Å². The first kappa shape index (κ1) is 22.0. The van der Waals surface area contributed by atoms with Gasteiger partial charge in [-0.15, -0.1) is 17.2 Å². The van der Waals surface area contributed by atoms with Crippen LogP contribution in [0.15, 0.2) is 109 Å². The number of fused-ring (bicyclic) bond motifs is 2. The Hall–Kier alpha value is -3.81. The van der Waals surface area contributed by atoms with E-state index in [-0.39, 0.29) is 21.1 Å². The Morgan fingerprint density at radius 1 is 0.588 bits per heavy atom. The maximum absolute atomic E-state index is 6.46. The number of nitrogens with zero attached hydrogens (tertiary/aromatic N) is 2. The molecule has 4 heteroatoms. The van der Waals surface area contributed by atoms with Crippen LogP contribution in [0, 0.1) is 12.1 Å². The Bertz CT molecular complexity index is 1580. The van der Waals surface area contributed by atoms with Gasteiger partial charge in [-0.05, 0) is 23.5 Å². The van der Waals surface area contributed by atoms with E-state index < -0.39 is 0 Å². The molecule has 0 radical (unpaired) electrons. The second kappa shape index (κ2) is 9.59. The second-order valence-corrected chi connectivity index (χ2v) is 7.73. The van der Waals surface area contributed by atoms with Gasteiger partial charge in [0.05, 0.1) is 5.75 Å². The van der Waals surface area contributed by atoms with Crippen LogP contribution in [0.2, 0.25) is 0 Å². The Kier molecular flexibility index (Phi) is 6.20. The first-order valence-electron chi connectivity index (χ1n) is 10.8. The molecule has 0 spiro atoms. The van der Waals surface area contributed by atoms with Crippen LogP contribution in [0.1, 0.15) is 0 Å². The van der Waals surface area contributed by atoms with Gasteiger partial charge in [-0.25, -0.2) is 0 Å². The standard InChI is InChI=1S/C30H18N2O.Pt/c1-3-11-25-22(10-1)18-24(20-27(25)29-14-6-8-16-32-29)33-30-19-23(28-13-5-7-15-31-28)17-21-9-2-4-12-26(21)30;/h1-18H;/q-2;+2. The SMILES string of the molecule is [Pt+2].[c-]1c(-c2ccccn2)cc2ccccc2c1Oc1[c-]c(-c2ccccn2)c2ccccc2c1. The van der Waals surface area contributed by atoms with Gasteiger partial charge in [-0.2, -0.15) is 0 Å². The Labute approximate surface area is 212 Å². The molecule has 0 fully saturated rings. The molecule has 0 saturated carbocycles. The summed E-state index contributed by atoms with van der Waals surface area (Å²) in [6.45, 7) is 0. The first-order chi connectivity index (χ1) is 16.3. The number of pyridine rings is 2. The van der Waals surface area contributed by atoms with Crippen LogP contribution >= 0.6 is 0 Å². The van der Waals surface area contributed by atoms with Gasteiger partial charge in [0.15, 0.2) is 0 Å². The molecule has 0 atom stereocenters. The van der Waals surface area contributed by atoms with Crippen molar-refractivity contribution in [3.8, 4) is 34.0 Å².